The van der Waals surface area contributed by atoms with Gasteiger partial charge in [-0.1, -0.05) is 24.3 Å². The van der Waals surface area contributed by atoms with Crippen molar-refractivity contribution in [1.82, 2.24) is 9.97 Å². The van der Waals surface area contributed by atoms with Crippen LogP contribution in [0.2, 0.25) is 0 Å². The highest BCUT2D eigenvalue weighted by Gasteiger charge is 2.40. The number of aromatic nitrogens is 2. The number of nitrogens with zero attached hydrogens (tertiary/aromatic N) is 1. The van der Waals surface area contributed by atoms with E-state index in [1.54, 1.807) is 6.33 Å². The fourth-order valence-corrected chi connectivity index (χ4v) is 3.26. The van der Waals surface area contributed by atoms with Gasteiger partial charge in [-0.2, -0.15) is 0 Å². The van der Waals surface area contributed by atoms with Crippen molar-refractivity contribution in [1.29, 1.82) is 0 Å². The molecule has 0 radical (unpaired) electrons. The topological polar surface area (TPSA) is 48.9 Å². The lowest BCUT2D eigenvalue weighted by molar-refractivity contribution is 0.268. The van der Waals surface area contributed by atoms with Crippen LogP contribution in [0.3, 0.4) is 0 Å². The Morgan fingerprint density at radius 1 is 1.33 bits per heavy atom. The Bertz CT molecular complexity index is 521. The van der Waals surface area contributed by atoms with Gasteiger partial charge in [0, 0.05) is 23.9 Å². The first-order valence-electron chi connectivity index (χ1n) is 6.55. The Balaban J connectivity index is 2.08. The number of nitrogens with one attached hydrogen (secondary N) is 1. The zero-order chi connectivity index (χ0) is 12.4. The number of fused-ring (bicyclic) bond motifs is 1. The van der Waals surface area contributed by atoms with Gasteiger partial charge in [0.05, 0.1) is 6.33 Å². The van der Waals surface area contributed by atoms with Gasteiger partial charge in [0.2, 0.25) is 0 Å². The monoisotopic (exact) mass is 242 g/mol. The molecule has 0 saturated heterocycles. The van der Waals surface area contributed by atoms with Gasteiger partial charge in [0.15, 0.2) is 0 Å². The van der Waals surface area contributed by atoms with Gasteiger partial charge in [-0.15, -0.1) is 0 Å². The van der Waals surface area contributed by atoms with Crippen LogP contribution in [0.25, 0.3) is 0 Å². The standard InChI is InChI=1S/C15H18N2O/c18-9-3-7-15(14-10-16-11-17-14)8-6-12-4-1-2-5-13(12)15/h1-2,4-5,10-11,18H,3,6-9H2,(H,16,17). The third kappa shape index (κ3) is 1.66. The second-order valence-corrected chi connectivity index (χ2v) is 5.03. The van der Waals surface area contributed by atoms with Crippen molar-refractivity contribution in [2.24, 2.45) is 0 Å². The van der Waals surface area contributed by atoms with Crippen LogP contribution in [0.5, 0.6) is 0 Å². The summed E-state index contributed by atoms with van der Waals surface area (Å²) >= 11 is 0. The van der Waals surface area contributed by atoms with Crippen LogP contribution < -0.4 is 0 Å². The zero-order valence-corrected chi connectivity index (χ0v) is 10.4. The van der Waals surface area contributed by atoms with E-state index >= 15 is 0 Å². The number of hydrogen-bond acceptors (Lipinski definition) is 2. The van der Waals surface area contributed by atoms with Crippen LogP contribution in [0.4, 0.5) is 0 Å². The second-order valence-electron chi connectivity index (χ2n) is 5.03. The minimum absolute atomic E-state index is 0.0236. The van der Waals surface area contributed by atoms with Crippen molar-refractivity contribution in [2.45, 2.75) is 31.1 Å². The van der Waals surface area contributed by atoms with Crippen molar-refractivity contribution in [2.75, 3.05) is 6.61 Å². The third-order valence-electron chi connectivity index (χ3n) is 4.13. The number of aliphatic hydroxyl groups is 1. The van der Waals surface area contributed by atoms with Crippen molar-refractivity contribution in [3.8, 4) is 0 Å². The molecule has 1 aromatic heterocycles. The third-order valence-corrected chi connectivity index (χ3v) is 4.13. The van der Waals surface area contributed by atoms with Gasteiger partial charge in [-0.3, -0.25) is 0 Å². The van der Waals surface area contributed by atoms with E-state index in [2.05, 4.69) is 34.2 Å². The molecule has 3 nitrogen and oxygen atoms in total. The molecule has 3 heteroatoms. The Morgan fingerprint density at radius 3 is 3.00 bits per heavy atom. The molecule has 18 heavy (non-hydrogen) atoms. The summed E-state index contributed by atoms with van der Waals surface area (Å²) in [6.07, 6.45) is 7.70. The molecule has 0 amide bonds. The summed E-state index contributed by atoms with van der Waals surface area (Å²) in [5.74, 6) is 0. The minimum atomic E-state index is 0.0236. The van der Waals surface area contributed by atoms with Gasteiger partial charge in [0.25, 0.3) is 0 Å². The van der Waals surface area contributed by atoms with Crippen molar-refractivity contribution >= 4 is 0 Å². The molecule has 0 spiro atoms. The van der Waals surface area contributed by atoms with Crippen LogP contribution in [0.1, 0.15) is 36.1 Å². The molecule has 0 bridgehead atoms. The van der Waals surface area contributed by atoms with Gasteiger partial charge in [-0.25, -0.2) is 4.98 Å². The molecule has 0 saturated carbocycles. The van der Waals surface area contributed by atoms with Gasteiger partial charge in [-0.05, 0) is 36.8 Å². The normalized spacial score (nSPS) is 22.1. The predicted molar refractivity (Wildman–Crippen MR) is 70.5 cm³/mol. The fraction of sp³-hybridized carbons (Fsp3) is 0.400. The number of H-pyrrole nitrogens is 1. The molecular weight excluding hydrogens is 224 g/mol. The number of aryl methyl sites for hydroxylation is 1. The van der Waals surface area contributed by atoms with Crippen LogP contribution in [0.15, 0.2) is 36.8 Å². The highest BCUT2D eigenvalue weighted by atomic mass is 16.2. The predicted octanol–water partition coefficient (Wildman–Crippen LogP) is 2.41. The summed E-state index contributed by atoms with van der Waals surface area (Å²) in [6, 6.07) is 8.65. The number of rotatable bonds is 4. The summed E-state index contributed by atoms with van der Waals surface area (Å²) in [5.41, 5.74) is 4.05. The highest BCUT2D eigenvalue weighted by molar-refractivity contribution is 5.45. The SMILES string of the molecule is OCCCC1(c2cnc[nH]2)CCc2ccccc21. The molecule has 1 aliphatic rings. The number of hydrogen-bond donors (Lipinski definition) is 2. The number of imidazole rings is 1. The molecule has 0 fully saturated rings. The summed E-state index contributed by atoms with van der Waals surface area (Å²) in [7, 11) is 0. The molecule has 2 N–H and O–H groups in total. The second kappa shape index (κ2) is 4.58. The Hall–Kier alpha value is -1.61. The van der Waals surface area contributed by atoms with E-state index in [1.165, 1.54) is 16.8 Å². The molecule has 0 aliphatic heterocycles. The summed E-state index contributed by atoms with van der Waals surface area (Å²) < 4.78 is 0. The Morgan fingerprint density at radius 2 is 2.22 bits per heavy atom. The summed E-state index contributed by atoms with van der Waals surface area (Å²) in [4.78, 5) is 7.45. The van der Waals surface area contributed by atoms with E-state index in [1.807, 2.05) is 6.20 Å². The summed E-state index contributed by atoms with van der Waals surface area (Å²) in [6.45, 7) is 0.248. The smallest absolute Gasteiger partial charge is 0.0922 e. The van der Waals surface area contributed by atoms with Crippen LogP contribution in [-0.4, -0.2) is 21.7 Å². The van der Waals surface area contributed by atoms with Gasteiger partial charge >= 0.3 is 0 Å². The maximum atomic E-state index is 9.16. The molecular formula is C15H18N2O. The van der Waals surface area contributed by atoms with Crippen molar-refractivity contribution in [3.63, 3.8) is 0 Å². The Kier molecular flexibility index (Phi) is 2.92. The molecule has 1 aliphatic carbocycles. The first kappa shape index (κ1) is 11.5. The van der Waals surface area contributed by atoms with E-state index in [0.29, 0.717) is 0 Å². The molecule has 1 unspecified atom stereocenters. The molecule has 94 valence electrons. The van der Waals surface area contributed by atoms with Gasteiger partial charge < -0.3 is 10.1 Å². The lowest BCUT2D eigenvalue weighted by Gasteiger charge is -2.29. The molecule has 3 rings (SSSR count). The van der Waals surface area contributed by atoms with Gasteiger partial charge in [0.1, 0.15) is 0 Å². The van der Waals surface area contributed by atoms with Crippen LogP contribution >= 0.6 is 0 Å². The lowest BCUT2D eigenvalue weighted by Crippen LogP contribution is -2.25. The van der Waals surface area contributed by atoms with Crippen LogP contribution in [-0.2, 0) is 11.8 Å². The Labute approximate surface area is 107 Å². The van der Waals surface area contributed by atoms with E-state index in [0.717, 1.165) is 25.7 Å². The zero-order valence-electron chi connectivity index (χ0n) is 10.4. The maximum absolute atomic E-state index is 9.16. The van der Waals surface area contributed by atoms with E-state index in [-0.39, 0.29) is 12.0 Å². The largest absolute Gasteiger partial charge is 0.396 e. The average Bonchev–Trinajstić information content (AvgIpc) is 3.05. The maximum Gasteiger partial charge on any atom is 0.0922 e. The van der Waals surface area contributed by atoms with Crippen molar-refractivity contribution in [3.05, 3.63) is 53.6 Å². The van der Waals surface area contributed by atoms with E-state index in [9.17, 15) is 0 Å². The molecule has 1 atom stereocenters. The summed E-state index contributed by atoms with van der Waals surface area (Å²) in [5, 5.41) is 9.16. The molecule has 2 aromatic rings. The quantitative estimate of drug-likeness (QED) is 0.865. The van der Waals surface area contributed by atoms with E-state index < -0.39 is 0 Å². The van der Waals surface area contributed by atoms with Crippen molar-refractivity contribution < 1.29 is 5.11 Å². The number of aromatic amines is 1. The minimum Gasteiger partial charge on any atom is -0.396 e. The molecule has 1 aromatic carbocycles. The van der Waals surface area contributed by atoms with E-state index in [4.69, 9.17) is 5.11 Å². The first-order valence-corrected chi connectivity index (χ1v) is 6.55. The highest BCUT2D eigenvalue weighted by Crippen LogP contribution is 2.46. The first-order chi connectivity index (χ1) is 8.87. The average molecular weight is 242 g/mol. The molecule has 1 heterocycles. The number of benzene rings is 1. The van der Waals surface area contributed by atoms with Crippen LogP contribution in [0, 0.1) is 0 Å². The fourth-order valence-electron chi connectivity index (χ4n) is 3.26. The lowest BCUT2D eigenvalue weighted by atomic mass is 9.75. The number of aliphatic hydroxyl groups excluding tert-OH is 1.